The molecule has 0 bridgehead atoms. The van der Waals surface area contributed by atoms with E-state index in [0.29, 0.717) is 5.38 Å². The standard InChI is InChI=1S/C10H17ClO/c1-10(6-8-2-3-8)7-9(11)4-5-12-10/h8-9H,2-7H2,1H3. The average molecular weight is 189 g/mol. The van der Waals surface area contributed by atoms with Crippen LogP contribution in [0.2, 0.25) is 0 Å². The van der Waals surface area contributed by atoms with Crippen molar-refractivity contribution in [2.24, 2.45) is 5.92 Å². The SMILES string of the molecule is CC1(CC2CC2)CC(Cl)CCO1. The predicted octanol–water partition coefficient (Wildman–Crippen LogP) is 2.96. The molecule has 12 heavy (non-hydrogen) atoms. The molecule has 1 aliphatic heterocycles. The second kappa shape index (κ2) is 3.19. The molecule has 2 aliphatic rings. The lowest BCUT2D eigenvalue weighted by Crippen LogP contribution is -2.37. The summed E-state index contributed by atoms with van der Waals surface area (Å²) in [5.41, 5.74) is 0.103. The lowest BCUT2D eigenvalue weighted by atomic mass is 9.90. The number of ether oxygens (including phenoxy) is 1. The third-order valence-electron chi connectivity index (χ3n) is 2.95. The van der Waals surface area contributed by atoms with Gasteiger partial charge in [0.15, 0.2) is 0 Å². The van der Waals surface area contributed by atoms with E-state index in [1.54, 1.807) is 0 Å². The Morgan fingerprint density at radius 1 is 1.42 bits per heavy atom. The van der Waals surface area contributed by atoms with E-state index < -0.39 is 0 Å². The molecule has 2 fully saturated rings. The zero-order valence-electron chi connectivity index (χ0n) is 7.68. The van der Waals surface area contributed by atoms with Crippen LogP contribution in [0.4, 0.5) is 0 Å². The Hall–Kier alpha value is 0.250. The van der Waals surface area contributed by atoms with Crippen LogP contribution in [-0.2, 0) is 4.74 Å². The molecule has 0 aromatic rings. The van der Waals surface area contributed by atoms with Crippen LogP contribution in [0.3, 0.4) is 0 Å². The Labute approximate surface area is 79.4 Å². The zero-order chi connectivity index (χ0) is 8.60. The van der Waals surface area contributed by atoms with Crippen molar-refractivity contribution in [3.8, 4) is 0 Å². The molecule has 1 heterocycles. The van der Waals surface area contributed by atoms with E-state index in [-0.39, 0.29) is 5.60 Å². The molecule has 0 amide bonds. The predicted molar refractivity (Wildman–Crippen MR) is 50.6 cm³/mol. The summed E-state index contributed by atoms with van der Waals surface area (Å²) in [4.78, 5) is 0. The van der Waals surface area contributed by atoms with Crippen LogP contribution in [0.5, 0.6) is 0 Å². The molecule has 0 N–H and O–H groups in total. The van der Waals surface area contributed by atoms with Crippen LogP contribution in [-0.4, -0.2) is 17.6 Å². The minimum absolute atomic E-state index is 0.103. The first-order chi connectivity index (χ1) is 5.68. The first-order valence-electron chi connectivity index (χ1n) is 4.96. The van der Waals surface area contributed by atoms with Crippen molar-refractivity contribution < 1.29 is 4.74 Å². The van der Waals surface area contributed by atoms with E-state index >= 15 is 0 Å². The van der Waals surface area contributed by atoms with E-state index in [9.17, 15) is 0 Å². The van der Waals surface area contributed by atoms with Gasteiger partial charge in [0.2, 0.25) is 0 Å². The van der Waals surface area contributed by atoms with Gasteiger partial charge in [-0.1, -0.05) is 12.8 Å². The lowest BCUT2D eigenvalue weighted by molar-refractivity contribution is -0.0716. The van der Waals surface area contributed by atoms with Crippen molar-refractivity contribution in [1.29, 1.82) is 0 Å². The van der Waals surface area contributed by atoms with Crippen LogP contribution in [0.15, 0.2) is 0 Å². The molecule has 0 aromatic carbocycles. The fraction of sp³-hybridized carbons (Fsp3) is 1.00. The average Bonchev–Trinajstić information content (AvgIpc) is 2.69. The van der Waals surface area contributed by atoms with Crippen molar-refractivity contribution >= 4 is 11.6 Å². The van der Waals surface area contributed by atoms with Crippen molar-refractivity contribution in [3.63, 3.8) is 0 Å². The summed E-state index contributed by atoms with van der Waals surface area (Å²) >= 11 is 6.12. The van der Waals surface area contributed by atoms with Gasteiger partial charge in [-0.25, -0.2) is 0 Å². The summed E-state index contributed by atoms with van der Waals surface area (Å²) in [5, 5.41) is 0.350. The van der Waals surface area contributed by atoms with Crippen LogP contribution < -0.4 is 0 Å². The van der Waals surface area contributed by atoms with Crippen LogP contribution in [0, 0.1) is 5.92 Å². The van der Waals surface area contributed by atoms with Crippen molar-refractivity contribution in [1.82, 2.24) is 0 Å². The number of rotatable bonds is 2. The number of hydrogen-bond acceptors (Lipinski definition) is 1. The van der Waals surface area contributed by atoms with Gasteiger partial charge < -0.3 is 4.74 Å². The lowest BCUT2D eigenvalue weighted by Gasteiger charge is -2.36. The van der Waals surface area contributed by atoms with E-state index in [4.69, 9.17) is 16.3 Å². The highest BCUT2D eigenvalue weighted by Gasteiger charge is 2.37. The Morgan fingerprint density at radius 2 is 2.17 bits per heavy atom. The van der Waals surface area contributed by atoms with Gasteiger partial charge in [-0.3, -0.25) is 0 Å². The van der Waals surface area contributed by atoms with Crippen LogP contribution in [0.25, 0.3) is 0 Å². The van der Waals surface area contributed by atoms with Crippen LogP contribution in [0.1, 0.15) is 39.0 Å². The van der Waals surface area contributed by atoms with Gasteiger partial charge in [-0.15, -0.1) is 11.6 Å². The third-order valence-corrected chi connectivity index (χ3v) is 3.32. The van der Waals surface area contributed by atoms with Crippen molar-refractivity contribution in [2.45, 2.75) is 50.0 Å². The molecule has 2 heteroatoms. The summed E-state index contributed by atoms with van der Waals surface area (Å²) < 4.78 is 5.80. The Morgan fingerprint density at radius 3 is 2.75 bits per heavy atom. The zero-order valence-corrected chi connectivity index (χ0v) is 8.44. The minimum Gasteiger partial charge on any atom is -0.375 e. The Bertz CT molecular complexity index is 163. The molecule has 1 saturated carbocycles. The topological polar surface area (TPSA) is 9.23 Å². The molecule has 0 aromatic heterocycles. The Kier molecular flexibility index (Phi) is 2.35. The quantitative estimate of drug-likeness (QED) is 0.606. The normalized spacial score (nSPS) is 43.0. The van der Waals surface area contributed by atoms with Gasteiger partial charge in [-0.2, -0.15) is 0 Å². The molecule has 1 saturated heterocycles. The molecule has 1 aliphatic carbocycles. The van der Waals surface area contributed by atoms with Gasteiger partial charge in [0, 0.05) is 12.0 Å². The van der Waals surface area contributed by atoms with Gasteiger partial charge in [-0.05, 0) is 32.1 Å². The third kappa shape index (κ3) is 2.14. The summed E-state index contributed by atoms with van der Waals surface area (Å²) in [7, 11) is 0. The number of alkyl halides is 1. The largest absolute Gasteiger partial charge is 0.375 e. The van der Waals surface area contributed by atoms with Crippen molar-refractivity contribution in [3.05, 3.63) is 0 Å². The molecule has 2 rings (SSSR count). The summed E-state index contributed by atoms with van der Waals surface area (Å²) in [6, 6.07) is 0. The van der Waals surface area contributed by atoms with E-state index in [2.05, 4.69) is 6.92 Å². The smallest absolute Gasteiger partial charge is 0.0671 e. The highest BCUT2D eigenvalue weighted by molar-refractivity contribution is 6.20. The number of hydrogen-bond donors (Lipinski definition) is 0. The molecule has 0 radical (unpaired) electrons. The molecule has 1 nitrogen and oxygen atoms in total. The second-order valence-corrected chi connectivity index (χ2v) is 5.15. The van der Waals surface area contributed by atoms with Gasteiger partial charge in [0.1, 0.15) is 0 Å². The van der Waals surface area contributed by atoms with E-state index in [1.807, 2.05) is 0 Å². The molecule has 0 spiro atoms. The summed E-state index contributed by atoms with van der Waals surface area (Å²) in [6.45, 7) is 3.08. The van der Waals surface area contributed by atoms with E-state index in [0.717, 1.165) is 25.4 Å². The number of halogens is 1. The first kappa shape index (κ1) is 8.83. The monoisotopic (exact) mass is 188 g/mol. The first-order valence-corrected chi connectivity index (χ1v) is 5.40. The van der Waals surface area contributed by atoms with E-state index in [1.165, 1.54) is 19.3 Å². The van der Waals surface area contributed by atoms with Gasteiger partial charge in [0.25, 0.3) is 0 Å². The molecular weight excluding hydrogens is 172 g/mol. The molecule has 70 valence electrons. The van der Waals surface area contributed by atoms with Gasteiger partial charge >= 0.3 is 0 Å². The van der Waals surface area contributed by atoms with Gasteiger partial charge in [0.05, 0.1) is 5.60 Å². The maximum Gasteiger partial charge on any atom is 0.0671 e. The fourth-order valence-electron chi connectivity index (χ4n) is 2.14. The van der Waals surface area contributed by atoms with Crippen LogP contribution >= 0.6 is 11.6 Å². The summed E-state index contributed by atoms with van der Waals surface area (Å²) in [6.07, 6.45) is 6.13. The maximum atomic E-state index is 6.12. The highest BCUT2D eigenvalue weighted by atomic mass is 35.5. The fourth-order valence-corrected chi connectivity index (χ4v) is 2.55. The Balaban J connectivity index is 1.88. The maximum absolute atomic E-state index is 6.12. The highest BCUT2D eigenvalue weighted by Crippen LogP contribution is 2.42. The molecule has 2 unspecified atom stereocenters. The molecular formula is C10H17ClO. The van der Waals surface area contributed by atoms with Crippen molar-refractivity contribution in [2.75, 3.05) is 6.61 Å². The molecule has 2 atom stereocenters. The second-order valence-electron chi connectivity index (χ2n) is 4.54. The summed E-state index contributed by atoms with van der Waals surface area (Å²) in [5.74, 6) is 0.942. The minimum atomic E-state index is 0.103.